The molecule has 0 bridgehead atoms. The molecule has 1 rings (SSSR count). The Morgan fingerprint density at radius 3 is 2.56 bits per heavy atom. The number of carbonyl (C=O) groups excluding carboxylic acids is 2. The summed E-state index contributed by atoms with van der Waals surface area (Å²) in [7, 11) is 1.24. The lowest BCUT2D eigenvalue weighted by Gasteiger charge is -2.19. The Balaban J connectivity index is 2.92. The largest absolute Gasteiger partial charge is 0.468 e. The molecule has 0 heterocycles. The number of hydrogen-bond acceptors (Lipinski definition) is 4. The number of amides is 1. The van der Waals surface area contributed by atoms with Crippen LogP contribution >= 0.6 is 0 Å². The van der Waals surface area contributed by atoms with Crippen LogP contribution in [0.15, 0.2) is 18.2 Å². The molecule has 5 nitrogen and oxygen atoms in total. The molecule has 0 saturated heterocycles. The lowest BCUT2D eigenvalue weighted by Crippen LogP contribution is -2.36. The number of ether oxygens (including phenoxy) is 1. The Hall–Kier alpha value is -2.11. The van der Waals surface area contributed by atoms with Crippen LogP contribution in [0.2, 0.25) is 0 Å². The van der Waals surface area contributed by atoms with Crippen molar-refractivity contribution in [3.8, 4) is 0 Å². The monoisotopic (exact) mass is 254 g/mol. The molecule has 0 aliphatic carbocycles. The Morgan fingerprint density at radius 1 is 1.39 bits per heavy atom. The van der Waals surface area contributed by atoms with Crippen LogP contribution in [0.1, 0.15) is 17.3 Å². The molecular weight excluding hydrogens is 239 g/mol. The highest BCUT2D eigenvalue weighted by atomic mass is 19.1. The first kappa shape index (κ1) is 14.0. The van der Waals surface area contributed by atoms with Gasteiger partial charge in [-0.1, -0.05) is 0 Å². The van der Waals surface area contributed by atoms with Gasteiger partial charge in [-0.25, -0.2) is 4.39 Å². The zero-order valence-corrected chi connectivity index (χ0v) is 10.3. The summed E-state index contributed by atoms with van der Waals surface area (Å²) in [5.74, 6) is -1.59. The van der Waals surface area contributed by atoms with E-state index in [-0.39, 0.29) is 17.8 Å². The van der Waals surface area contributed by atoms with Crippen molar-refractivity contribution in [1.82, 2.24) is 4.90 Å². The van der Waals surface area contributed by atoms with Gasteiger partial charge < -0.3 is 15.4 Å². The number of benzene rings is 1. The third-order valence-electron chi connectivity index (χ3n) is 2.38. The number of hydrogen-bond donors (Lipinski definition) is 1. The summed E-state index contributed by atoms with van der Waals surface area (Å²) >= 11 is 0. The molecule has 0 atom stereocenters. The van der Waals surface area contributed by atoms with E-state index in [9.17, 15) is 14.0 Å². The van der Waals surface area contributed by atoms with E-state index < -0.39 is 17.7 Å². The zero-order chi connectivity index (χ0) is 13.7. The van der Waals surface area contributed by atoms with Gasteiger partial charge in [-0.05, 0) is 25.1 Å². The highest BCUT2D eigenvalue weighted by Crippen LogP contribution is 2.13. The molecule has 2 N–H and O–H groups in total. The third-order valence-corrected chi connectivity index (χ3v) is 2.38. The second-order valence-corrected chi connectivity index (χ2v) is 3.67. The summed E-state index contributed by atoms with van der Waals surface area (Å²) in [6, 6.07) is 3.57. The van der Waals surface area contributed by atoms with E-state index in [1.54, 1.807) is 6.92 Å². The van der Waals surface area contributed by atoms with Crippen molar-refractivity contribution in [2.45, 2.75) is 6.92 Å². The van der Waals surface area contributed by atoms with Gasteiger partial charge in [0, 0.05) is 17.8 Å². The number of nitrogens with two attached hydrogens (primary N) is 1. The van der Waals surface area contributed by atoms with Crippen molar-refractivity contribution in [3.05, 3.63) is 29.6 Å². The fraction of sp³-hybridized carbons (Fsp3) is 0.333. The molecule has 6 heteroatoms. The lowest BCUT2D eigenvalue weighted by atomic mass is 10.1. The number of esters is 1. The first-order valence-corrected chi connectivity index (χ1v) is 5.40. The molecule has 0 radical (unpaired) electrons. The van der Waals surface area contributed by atoms with Crippen molar-refractivity contribution in [2.24, 2.45) is 0 Å². The van der Waals surface area contributed by atoms with Crippen LogP contribution in [-0.2, 0) is 9.53 Å². The average molecular weight is 254 g/mol. The van der Waals surface area contributed by atoms with Crippen LogP contribution in [0.25, 0.3) is 0 Å². The first-order chi connectivity index (χ1) is 8.47. The van der Waals surface area contributed by atoms with Gasteiger partial charge in [-0.15, -0.1) is 0 Å². The van der Waals surface area contributed by atoms with Crippen molar-refractivity contribution < 1.29 is 18.7 Å². The van der Waals surface area contributed by atoms with E-state index in [1.807, 2.05) is 0 Å². The fourth-order valence-corrected chi connectivity index (χ4v) is 1.47. The number of anilines is 1. The Bertz CT molecular complexity index is 442. The van der Waals surface area contributed by atoms with Gasteiger partial charge in [0.25, 0.3) is 5.91 Å². The minimum atomic E-state index is -0.590. The number of halogens is 1. The highest BCUT2D eigenvalue weighted by molar-refractivity contribution is 5.96. The summed E-state index contributed by atoms with van der Waals surface area (Å²) in [6.45, 7) is 1.84. The van der Waals surface area contributed by atoms with Crippen LogP contribution in [0.3, 0.4) is 0 Å². The molecule has 98 valence electrons. The minimum absolute atomic E-state index is 0.109. The molecule has 1 amide bonds. The Labute approximate surface area is 104 Å². The molecule has 1 aromatic rings. The molecule has 0 spiro atoms. The van der Waals surface area contributed by atoms with Crippen LogP contribution in [0.4, 0.5) is 10.1 Å². The summed E-state index contributed by atoms with van der Waals surface area (Å²) < 4.78 is 17.6. The number of nitrogens with zero attached hydrogens (tertiary/aromatic N) is 1. The summed E-state index contributed by atoms with van der Waals surface area (Å²) in [5.41, 5.74) is 5.73. The second-order valence-electron chi connectivity index (χ2n) is 3.67. The predicted octanol–water partition coefficient (Wildman–Crippen LogP) is 1.04. The van der Waals surface area contributed by atoms with Crippen molar-refractivity contribution in [3.63, 3.8) is 0 Å². The number of methoxy groups -OCH3 is 1. The number of carbonyl (C=O) groups is 2. The molecule has 0 unspecified atom stereocenters. The van der Waals surface area contributed by atoms with Crippen LogP contribution in [0.5, 0.6) is 0 Å². The van der Waals surface area contributed by atoms with Gasteiger partial charge in [-0.3, -0.25) is 9.59 Å². The van der Waals surface area contributed by atoms with Crippen molar-refractivity contribution >= 4 is 17.6 Å². The van der Waals surface area contributed by atoms with Crippen LogP contribution < -0.4 is 5.73 Å². The van der Waals surface area contributed by atoms with E-state index in [4.69, 9.17) is 5.73 Å². The number of nitrogen functional groups attached to an aromatic ring is 1. The maximum absolute atomic E-state index is 13.1. The van der Waals surface area contributed by atoms with E-state index in [0.717, 1.165) is 12.1 Å². The molecule has 18 heavy (non-hydrogen) atoms. The summed E-state index contributed by atoms with van der Waals surface area (Å²) in [4.78, 5) is 24.4. The average Bonchev–Trinajstić information content (AvgIpc) is 2.33. The summed E-state index contributed by atoms with van der Waals surface area (Å²) in [6.07, 6.45) is 0. The topological polar surface area (TPSA) is 72.6 Å². The van der Waals surface area contributed by atoms with Crippen molar-refractivity contribution in [1.29, 1.82) is 0 Å². The molecule has 0 aliphatic rings. The van der Waals surface area contributed by atoms with Gasteiger partial charge in [-0.2, -0.15) is 0 Å². The molecule has 0 saturated carbocycles. The van der Waals surface area contributed by atoms with Gasteiger partial charge >= 0.3 is 5.97 Å². The van der Waals surface area contributed by atoms with E-state index >= 15 is 0 Å². The maximum Gasteiger partial charge on any atom is 0.325 e. The molecular formula is C12H15FN2O3. The van der Waals surface area contributed by atoms with Crippen LogP contribution in [0, 0.1) is 5.82 Å². The normalized spacial score (nSPS) is 9.94. The van der Waals surface area contributed by atoms with E-state index in [1.165, 1.54) is 18.1 Å². The quantitative estimate of drug-likeness (QED) is 0.643. The SMILES string of the molecule is CCN(CC(=O)OC)C(=O)c1cc(N)cc(F)c1. The van der Waals surface area contributed by atoms with E-state index in [2.05, 4.69) is 4.74 Å². The summed E-state index contributed by atoms with van der Waals surface area (Å²) in [5, 5.41) is 0. The standard InChI is InChI=1S/C12H15FN2O3/c1-3-15(7-11(16)18-2)12(17)8-4-9(13)6-10(14)5-8/h4-6H,3,7,14H2,1-2H3. The number of likely N-dealkylation sites (N-methyl/N-ethyl adjacent to an activating group) is 1. The van der Waals surface area contributed by atoms with Gasteiger partial charge in [0.05, 0.1) is 7.11 Å². The fourth-order valence-electron chi connectivity index (χ4n) is 1.47. The molecule has 0 aliphatic heterocycles. The predicted molar refractivity (Wildman–Crippen MR) is 64.4 cm³/mol. The Morgan fingerprint density at radius 2 is 2.06 bits per heavy atom. The highest BCUT2D eigenvalue weighted by Gasteiger charge is 2.18. The molecule has 0 fully saturated rings. The first-order valence-electron chi connectivity index (χ1n) is 5.40. The second kappa shape index (κ2) is 6.00. The zero-order valence-electron chi connectivity index (χ0n) is 10.3. The third kappa shape index (κ3) is 3.44. The van der Waals surface area contributed by atoms with E-state index in [0.29, 0.717) is 6.54 Å². The molecule has 1 aromatic carbocycles. The van der Waals surface area contributed by atoms with Crippen LogP contribution in [-0.4, -0.2) is 37.0 Å². The maximum atomic E-state index is 13.1. The number of rotatable bonds is 4. The lowest BCUT2D eigenvalue weighted by molar-refractivity contribution is -0.141. The Kier molecular flexibility index (Phi) is 4.65. The molecule has 0 aromatic heterocycles. The minimum Gasteiger partial charge on any atom is -0.468 e. The van der Waals surface area contributed by atoms with Crippen molar-refractivity contribution in [2.75, 3.05) is 25.9 Å². The van der Waals surface area contributed by atoms with Gasteiger partial charge in [0.1, 0.15) is 12.4 Å². The smallest absolute Gasteiger partial charge is 0.325 e. The van der Waals surface area contributed by atoms with Gasteiger partial charge in [0.15, 0.2) is 0 Å². The van der Waals surface area contributed by atoms with Gasteiger partial charge in [0.2, 0.25) is 0 Å².